The van der Waals surface area contributed by atoms with Crippen LogP contribution in [0.5, 0.6) is 0 Å². The molecule has 0 spiro atoms. The molecular weight excluding hydrogens is 206 g/mol. The number of rotatable bonds is 6. The molecule has 15 heavy (non-hydrogen) atoms. The van der Waals surface area contributed by atoms with Crippen LogP contribution in [0.25, 0.3) is 0 Å². The molecule has 0 aromatic heterocycles. The first kappa shape index (κ1) is 14.0. The van der Waals surface area contributed by atoms with Crippen molar-refractivity contribution in [3.05, 3.63) is 0 Å². The van der Waals surface area contributed by atoms with Crippen LogP contribution in [0.3, 0.4) is 0 Å². The van der Waals surface area contributed by atoms with E-state index < -0.39 is 36.9 Å². The molecule has 0 aliphatic rings. The normalized spacial score (nSPS) is 18.7. The molecule has 0 saturated heterocycles. The van der Waals surface area contributed by atoms with E-state index >= 15 is 0 Å². The summed E-state index contributed by atoms with van der Waals surface area (Å²) in [5.74, 6) is -0.558. The number of hydrogen-bond donors (Lipinski definition) is 5. The first-order chi connectivity index (χ1) is 6.93. The second kappa shape index (κ2) is 6.46. The highest BCUT2D eigenvalue weighted by Crippen LogP contribution is 2.03. The number of aliphatic hydroxyl groups is 4. The lowest BCUT2D eigenvalue weighted by molar-refractivity contribution is -0.129. The van der Waals surface area contributed by atoms with E-state index in [1.165, 1.54) is 0 Å². The summed E-state index contributed by atoms with van der Waals surface area (Å²) >= 11 is 0. The highest BCUT2D eigenvalue weighted by atomic mass is 16.4. The maximum absolute atomic E-state index is 10.6. The Morgan fingerprint density at radius 1 is 1.33 bits per heavy atom. The fourth-order valence-electron chi connectivity index (χ4n) is 0.983. The molecule has 0 aliphatic heterocycles. The summed E-state index contributed by atoms with van der Waals surface area (Å²) in [5, 5.41) is 38.2. The Kier molecular flexibility index (Phi) is 6.02. The van der Waals surface area contributed by atoms with Gasteiger partial charge in [0.1, 0.15) is 30.6 Å². The van der Waals surface area contributed by atoms with Gasteiger partial charge < -0.3 is 30.5 Å². The number of aliphatic hydroxyl groups excluding tert-OH is 4. The lowest BCUT2D eigenvalue weighted by Crippen LogP contribution is -2.53. The van der Waals surface area contributed by atoms with Crippen LogP contribution in [-0.4, -0.2) is 63.6 Å². The van der Waals surface area contributed by atoms with Gasteiger partial charge in [-0.25, -0.2) is 0 Å². The maximum Gasteiger partial charge on any atom is 0.217 e. The Bertz CT molecular complexity index is 221. The lowest BCUT2D eigenvalue weighted by Gasteiger charge is -2.25. The van der Waals surface area contributed by atoms with Gasteiger partial charge >= 0.3 is 0 Å². The Morgan fingerprint density at radius 3 is 2.20 bits per heavy atom. The molecular formula is C8H15NO6. The van der Waals surface area contributed by atoms with E-state index in [4.69, 9.17) is 10.2 Å². The van der Waals surface area contributed by atoms with E-state index in [0.717, 1.165) is 6.92 Å². The third-order valence-electron chi connectivity index (χ3n) is 1.82. The standard InChI is InChI=1S/C8H15NO6/c1-4(12)9-5(2-10)7(14)8(15)6(13)3-11/h2,5-8,11,13-15H,3H2,1H3,(H,9,12)/t5-,6-,7+,8-/m1/s1. The fraction of sp³-hybridized carbons (Fsp3) is 0.750. The molecule has 5 N–H and O–H groups in total. The van der Waals surface area contributed by atoms with Gasteiger partial charge in [0.25, 0.3) is 0 Å². The summed E-state index contributed by atoms with van der Waals surface area (Å²) in [4.78, 5) is 21.1. The number of amides is 1. The molecule has 0 aliphatic carbocycles. The van der Waals surface area contributed by atoms with Crippen molar-refractivity contribution in [1.82, 2.24) is 5.32 Å². The topological polar surface area (TPSA) is 127 Å². The van der Waals surface area contributed by atoms with Gasteiger partial charge in [-0.1, -0.05) is 0 Å². The molecule has 0 saturated carbocycles. The number of carbonyl (C=O) groups is 2. The van der Waals surface area contributed by atoms with E-state index in [2.05, 4.69) is 5.32 Å². The highest BCUT2D eigenvalue weighted by Gasteiger charge is 2.31. The third kappa shape index (κ3) is 4.34. The van der Waals surface area contributed by atoms with E-state index in [1.807, 2.05) is 0 Å². The van der Waals surface area contributed by atoms with Crippen LogP contribution in [0.4, 0.5) is 0 Å². The second-order valence-corrected chi connectivity index (χ2v) is 3.09. The Labute approximate surface area is 86.3 Å². The van der Waals surface area contributed by atoms with E-state index in [0.29, 0.717) is 0 Å². The van der Waals surface area contributed by atoms with Crippen molar-refractivity contribution in [2.24, 2.45) is 0 Å². The van der Waals surface area contributed by atoms with Gasteiger partial charge in [0.2, 0.25) is 5.91 Å². The van der Waals surface area contributed by atoms with Gasteiger partial charge in [0, 0.05) is 6.92 Å². The van der Waals surface area contributed by atoms with Crippen LogP contribution >= 0.6 is 0 Å². The summed E-state index contributed by atoms with van der Waals surface area (Å²) in [6, 6.07) is -1.32. The zero-order valence-corrected chi connectivity index (χ0v) is 8.20. The van der Waals surface area contributed by atoms with E-state index in [1.54, 1.807) is 0 Å². The van der Waals surface area contributed by atoms with Crippen molar-refractivity contribution < 1.29 is 30.0 Å². The number of aldehydes is 1. The van der Waals surface area contributed by atoms with Crippen molar-refractivity contribution in [1.29, 1.82) is 0 Å². The minimum absolute atomic E-state index is 0.235. The molecule has 0 radical (unpaired) electrons. The average molecular weight is 221 g/mol. The molecule has 0 fully saturated rings. The SMILES string of the molecule is CC(=O)N[C@H](C=O)[C@H](O)[C@H](O)[C@H](O)CO. The monoisotopic (exact) mass is 221 g/mol. The molecule has 7 nitrogen and oxygen atoms in total. The molecule has 1 amide bonds. The van der Waals surface area contributed by atoms with Crippen LogP contribution in [0.15, 0.2) is 0 Å². The van der Waals surface area contributed by atoms with Crippen LogP contribution in [-0.2, 0) is 9.59 Å². The van der Waals surface area contributed by atoms with Gasteiger partial charge in [0.15, 0.2) is 0 Å². The second-order valence-electron chi connectivity index (χ2n) is 3.09. The zero-order chi connectivity index (χ0) is 12.0. The maximum atomic E-state index is 10.6. The van der Waals surface area contributed by atoms with E-state index in [-0.39, 0.29) is 6.29 Å². The molecule has 0 heterocycles. The summed E-state index contributed by atoms with van der Waals surface area (Å²) in [7, 11) is 0. The van der Waals surface area contributed by atoms with Crippen molar-refractivity contribution in [3.8, 4) is 0 Å². The van der Waals surface area contributed by atoms with Gasteiger partial charge in [-0.05, 0) is 0 Å². The smallest absolute Gasteiger partial charge is 0.217 e. The van der Waals surface area contributed by atoms with Gasteiger partial charge in [0.05, 0.1) is 6.61 Å². The van der Waals surface area contributed by atoms with Gasteiger partial charge in [-0.2, -0.15) is 0 Å². The lowest BCUT2D eigenvalue weighted by atomic mass is 10.0. The highest BCUT2D eigenvalue weighted by molar-refractivity contribution is 5.77. The molecule has 0 bridgehead atoms. The largest absolute Gasteiger partial charge is 0.394 e. The van der Waals surface area contributed by atoms with Crippen LogP contribution in [0, 0.1) is 0 Å². The van der Waals surface area contributed by atoms with Crippen molar-refractivity contribution >= 4 is 12.2 Å². The predicted molar refractivity (Wildman–Crippen MR) is 48.8 cm³/mol. The molecule has 0 aromatic carbocycles. The summed E-state index contributed by atoms with van der Waals surface area (Å²) in [5.41, 5.74) is 0. The molecule has 88 valence electrons. The first-order valence-electron chi connectivity index (χ1n) is 4.31. The van der Waals surface area contributed by atoms with Crippen molar-refractivity contribution in [2.75, 3.05) is 6.61 Å². The average Bonchev–Trinajstić information content (AvgIpc) is 2.22. The van der Waals surface area contributed by atoms with Crippen molar-refractivity contribution in [3.63, 3.8) is 0 Å². The minimum atomic E-state index is -1.71. The summed E-state index contributed by atoms with van der Waals surface area (Å²) in [6.45, 7) is 0.377. The van der Waals surface area contributed by atoms with E-state index in [9.17, 15) is 19.8 Å². The minimum Gasteiger partial charge on any atom is -0.394 e. The Morgan fingerprint density at radius 2 is 1.87 bits per heavy atom. The number of nitrogens with one attached hydrogen (secondary N) is 1. The van der Waals surface area contributed by atoms with Crippen molar-refractivity contribution in [2.45, 2.75) is 31.3 Å². The first-order valence-corrected chi connectivity index (χ1v) is 4.31. The van der Waals surface area contributed by atoms with Crippen LogP contribution in [0.2, 0.25) is 0 Å². The number of hydrogen-bond acceptors (Lipinski definition) is 6. The van der Waals surface area contributed by atoms with Gasteiger partial charge in [-0.3, -0.25) is 4.79 Å². The summed E-state index contributed by atoms with van der Waals surface area (Å²) in [6.07, 6.45) is -4.72. The van der Waals surface area contributed by atoms with Crippen LogP contribution < -0.4 is 5.32 Å². The molecule has 0 aromatic rings. The predicted octanol–water partition coefficient (Wildman–Crippen LogP) is -3.23. The Balaban J connectivity index is 4.42. The summed E-state index contributed by atoms with van der Waals surface area (Å²) < 4.78 is 0. The Hall–Kier alpha value is -1.02. The third-order valence-corrected chi connectivity index (χ3v) is 1.82. The molecule has 4 atom stereocenters. The zero-order valence-electron chi connectivity index (χ0n) is 8.20. The molecule has 0 rings (SSSR count). The molecule has 7 heteroatoms. The van der Waals surface area contributed by atoms with Crippen LogP contribution in [0.1, 0.15) is 6.92 Å². The molecule has 0 unspecified atom stereocenters. The van der Waals surface area contributed by atoms with Gasteiger partial charge in [-0.15, -0.1) is 0 Å². The fourth-order valence-corrected chi connectivity index (χ4v) is 0.983. The quantitative estimate of drug-likeness (QED) is 0.300. The number of carbonyl (C=O) groups excluding carboxylic acids is 2.